The molecule has 1 N–H and O–H groups in total. The molecule has 0 unspecified atom stereocenters. The van der Waals surface area contributed by atoms with Crippen molar-refractivity contribution in [1.29, 1.82) is 0 Å². The quantitative estimate of drug-likeness (QED) is 0.744. The van der Waals surface area contributed by atoms with Gasteiger partial charge < -0.3 is 28.8 Å². The van der Waals surface area contributed by atoms with Crippen LogP contribution in [0.4, 0.5) is 0 Å². The minimum atomic E-state index is -1.82. The van der Waals surface area contributed by atoms with Crippen molar-refractivity contribution < 1.29 is 33.6 Å². The maximum atomic E-state index is 11.6. The van der Waals surface area contributed by atoms with Crippen LogP contribution in [0.3, 0.4) is 0 Å². The van der Waals surface area contributed by atoms with Crippen LogP contribution >= 0.6 is 0 Å². The molecule has 4 atom stereocenters. The van der Waals surface area contributed by atoms with E-state index >= 15 is 0 Å². The molecule has 0 amide bonds. The van der Waals surface area contributed by atoms with E-state index in [1.54, 1.807) is 27.7 Å². The van der Waals surface area contributed by atoms with E-state index in [1.165, 1.54) is 0 Å². The highest BCUT2D eigenvalue weighted by Crippen LogP contribution is 2.48. The minimum absolute atomic E-state index is 0.246. The van der Waals surface area contributed by atoms with Crippen LogP contribution in [-0.2, 0) is 28.5 Å². The zero-order valence-corrected chi connectivity index (χ0v) is 11.3. The predicted molar refractivity (Wildman–Crippen MR) is 60.2 cm³/mol. The number of hydrogen-bond acceptors (Lipinski definition) is 6. The summed E-state index contributed by atoms with van der Waals surface area (Å²) in [7, 11) is 0. The lowest BCUT2D eigenvalue weighted by molar-refractivity contribution is -0.325. The van der Waals surface area contributed by atoms with Crippen molar-refractivity contribution >= 4 is 5.97 Å². The molecule has 0 saturated carbocycles. The Labute approximate surface area is 110 Å². The number of carbonyl (C=O) groups is 1. The number of aliphatic carboxylic acids is 1. The fourth-order valence-corrected chi connectivity index (χ4v) is 2.82. The van der Waals surface area contributed by atoms with Crippen LogP contribution in [-0.4, -0.2) is 53.4 Å². The number of fused-ring (bicyclic) bond motifs is 3. The van der Waals surface area contributed by atoms with Gasteiger partial charge >= 0.3 is 11.8 Å². The zero-order valence-electron chi connectivity index (χ0n) is 11.3. The van der Waals surface area contributed by atoms with Crippen LogP contribution in [0, 0.1) is 0 Å². The molecule has 3 fully saturated rings. The van der Waals surface area contributed by atoms with Crippen molar-refractivity contribution in [1.82, 2.24) is 0 Å². The summed E-state index contributed by atoms with van der Waals surface area (Å²) < 4.78 is 28.0. The van der Waals surface area contributed by atoms with Crippen molar-refractivity contribution in [2.24, 2.45) is 0 Å². The van der Waals surface area contributed by atoms with E-state index in [9.17, 15) is 9.90 Å². The molecule has 0 spiro atoms. The summed E-state index contributed by atoms with van der Waals surface area (Å²) in [5.41, 5.74) is 0. The third-order valence-electron chi connectivity index (χ3n) is 3.49. The minimum Gasteiger partial charge on any atom is -0.477 e. The molecule has 3 heterocycles. The van der Waals surface area contributed by atoms with E-state index < -0.39 is 41.6 Å². The average molecular weight is 274 g/mol. The Hall–Kier alpha value is -0.730. The highest BCUT2D eigenvalue weighted by molar-refractivity contribution is 5.77. The van der Waals surface area contributed by atoms with Gasteiger partial charge in [0.15, 0.2) is 17.7 Å². The van der Waals surface area contributed by atoms with Crippen molar-refractivity contribution in [3.63, 3.8) is 0 Å². The molecule has 19 heavy (non-hydrogen) atoms. The fourth-order valence-electron chi connectivity index (χ4n) is 2.82. The summed E-state index contributed by atoms with van der Waals surface area (Å²) in [6, 6.07) is 0. The molecule has 0 aromatic rings. The van der Waals surface area contributed by atoms with Crippen molar-refractivity contribution in [3.05, 3.63) is 0 Å². The Morgan fingerprint density at radius 1 is 1.11 bits per heavy atom. The highest BCUT2D eigenvalue weighted by atomic mass is 16.9. The molecule has 0 bridgehead atoms. The van der Waals surface area contributed by atoms with Crippen LogP contribution in [0.2, 0.25) is 0 Å². The number of carboxylic acids is 1. The molecule has 0 aliphatic carbocycles. The predicted octanol–water partition coefficient (Wildman–Crippen LogP) is 0.469. The first-order chi connectivity index (χ1) is 8.65. The van der Waals surface area contributed by atoms with Crippen LogP contribution in [0.15, 0.2) is 0 Å². The Bertz CT molecular complexity index is 418. The summed E-state index contributed by atoms with van der Waals surface area (Å²) in [6.07, 6.45) is -1.85. The summed E-state index contributed by atoms with van der Waals surface area (Å²) in [4.78, 5) is 11.6. The largest absolute Gasteiger partial charge is 0.477 e. The molecule has 3 aliphatic rings. The zero-order chi connectivity index (χ0) is 14.1. The molecule has 0 aromatic heterocycles. The Morgan fingerprint density at radius 3 is 2.42 bits per heavy atom. The number of carboxylic acid groups (broad SMARTS) is 1. The van der Waals surface area contributed by atoms with E-state index in [4.69, 9.17) is 23.7 Å². The van der Waals surface area contributed by atoms with Gasteiger partial charge in [0.1, 0.15) is 12.2 Å². The van der Waals surface area contributed by atoms with Gasteiger partial charge in [0.25, 0.3) is 0 Å². The summed E-state index contributed by atoms with van der Waals surface area (Å²) >= 11 is 0. The van der Waals surface area contributed by atoms with Gasteiger partial charge in [-0.25, -0.2) is 4.79 Å². The number of hydrogen-bond donors (Lipinski definition) is 1. The molecule has 108 valence electrons. The van der Waals surface area contributed by atoms with Gasteiger partial charge in [0.2, 0.25) is 0 Å². The topological polar surface area (TPSA) is 83.5 Å². The summed E-state index contributed by atoms with van der Waals surface area (Å²) in [5, 5.41) is 9.46. The van der Waals surface area contributed by atoms with Crippen molar-refractivity contribution in [2.75, 3.05) is 6.61 Å². The second-order valence-corrected chi connectivity index (χ2v) is 5.96. The second kappa shape index (κ2) is 3.67. The van der Waals surface area contributed by atoms with Gasteiger partial charge in [0.05, 0.1) is 6.61 Å². The fraction of sp³-hybridized carbons (Fsp3) is 0.917. The maximum Gasteiger partial charge on any atom is 0.367 e. The van der Waals surface area contributed by atoms with Crippen molar-refractivity contribution in [2.45, 2.75) is 63.4 Å². The van der Waals surface area contributed by atoms with E-state index in [0.717, 1.165) is 0 Å². The lowest BCUT2D eigenvalue weighted by atomic mass is 10.0. The van der Waals surface area contributed by atoms with E-state index in [-0.39, 0.29) is 6.61 Å². The Kier molecular flexibility index (Phi) is 2.57. The number of ether oxygens (including phenoxy) is 5. The monoisotopic (exact) mass is 274 g/mol. The molecule has 7 heteroatoms. The molecular formula is C12H18O7. The first-order valence-electron chi connectivity index (χ1n) is 6.26. The van der Waals surface area contributed by atoms with Gasteiger partial charge in [-0.05, 0) is 27.7 Å². The van der Waals surface area contributed by atoms with Crippen LogP contribution < -0.4 is 0 Å². The van der Waals surface area contributed by atoms with Gasteiger partial charge in [-0.15, -0.1) is 0 Å². The van der Waals surface area contributed by atoms with Gasteiger partial charge in [0, 0.05) is 0 Å². The molecular weight excluding hydrogens is 256 g/mol. The third-order valence-corrected chi connectivity index (χ3v) is 3.49. The van der Waals surface area contributed by atoms with E-state index in [2.05, 4.69) is 0 Å². The first kappa shape index (κ1) is 13.3. The normalized spacial score (nSPS) is 46.6. The third kappa shape index (κ3) is 1.88. The standard InChI is InChI=1S/C12H18O7/c1-10(2)15-5-6-7(17-10)8-12(16-6,9(13)14)19-11(3,4)18-8/h6-8H,5H2,1-4H3,(H,13,14)/t6-,7+,8+,12+/m0/s1. The van der Waals surface area contributed by atoms with Gasteiger partial charge in [-0.3, -0.25) is 0 Å². The van der Waals surface area contributed by atoms with E-state index in [1.807, 2.05) is 0 Å². The molecule has 7 nitrogen and oxygen atoms in total. The smallest absolute Gasteiger partial charge is 0.367 e. The average Bonchev–Trinajstić information content (AvgIpc) is 2.67. The molecule has 3 aliphatic heterocycles. The first-order valence-corrected chi connectivity index (χ1v) is 6.26. The van der Waals surface area contributed by atoms with E-state index in [0.29, 0.717) is 0 Å². The maximum absolute atomic E-state index is 11.6. The Balaban J connectivity index is 1.94. The summed E-state index contributed by atoms with van der Waals surface area (Å²) in [6.45, 7) is 7.09. The summed E-state index contributed by atoms with van der Waals surface area (Å²) in [5.74, 6) is -4.85. The molecule has 3 rings (SSSR count). The van der Waals surface area contributed by atoms with Crippen molar-refractivity contribution in [3.8, 4) is 0 Å². The second-order valence-electron chi connectivity index (χ2n) is 5.96. The lowest BCUT2D eigenvalue weighted by Crippen LogP contribution is -2.52. The van der Waals surface area contributed by atoms with Crippen LogP contribution in [0.5, 0.6) is 0 Å². The van der Waals surface area contributed by atoms with Gasteiger partial charge in [-0.1, -0.05) is 0 Å². The Morgan fingerprint density at radius 2 is 1.79 bits per heavy atom. The highest BCUT2D eigenvalue weighted by Gasteiger charge is 2.71. The molecule has 0 radical (unpaired) electrons. The van der Waals surface area contributed by atoms with Crippen LogP contribution in [0.25, 0.3) is 0 Å². The van der Waals surface area contributed by atoms with Gasteiger partial charge in [-0.2, -0.15) is 0 Å². The SMILES string of the molecule is CC1(C)OC[C@@H]2O[C@@]3(C(=O)O)OC(C)(C)O[C@@H]3[C@@H]2O1. The molecule has 0 aromatic carbocycles. The molecule has 3 saturated heterocycles. The lowest BCUT2D eigenvalue weighted by Gasteiger charge is -2.38. The number of rotatable bonds is 1. The van der Waals surface area contributed by atoms with Crippen LogP contribution in [0.1, 0.15) is 27.7 Å².